The minimum atomic E-state index is -1.00. The summed E-state index contributed by atoms with van der Waals surface area (Å²) in [4.78, 5) is 22.1. The Hall–Kier alpha value is -2.16. The Morgan fingerprint density at radius 3 is 2.52 bits per heavy atom. The lowest BCUT2D eigenvalue weighted by Crippen LogP contribution is -2.30. The van der Waals surface area contributed by atoms with E-state index in [2.05, 4.69) is 25.7 Å². The van der Waals surface area contributed by atoms with E-state index in [9.17, 15) is 9.59 Å². The molecule has 0 aromatic carbocycles. The Morgan fingerprint density at radius 2 is 1.90 bits per heavy atom. The van der Waals surface area contributed by atoms with Crippen molar-refractivity contribution in [2.75, 3.05) is 6.54 Å². The fourth-order valence-corrected chi connectivity index (χ4v) is 1.55. The van der Waals surface area contributed by atoms with Gasteiger partial charge in [0.2, 0.25) is 5.91 Å². The van der Waals surface area contributed by atoms with Crippen LogP contribution in [0.1, 0.15) is 37.3 Å². The van der Waals surface area contributed by atoms with E-state index >= 15 is 0 Å². The number of aromatic nitrogens is 4. The maximum atomic E-state index is 11.6. The zero-order valence-electron chi connectivity index (χ0n) is 11.9. The van der Waals surface area contributed by atoms with Gasteiger partial charge in [0.05, 0.1) is 0 Å². The zero-order valence-corrected chi connectivity index (χ0v) is 11.9. The number of nitrogens with two attached hydrogens (primary N) is 1. The number of aliphatic carboxylic acids is 1. The molecule has 0 bridgehead atoms. The summed E-state index contributed by atoms with van der Waals surface area (Å²) in [5, 5.41) is 26.5. The molecule has 1 unspecified atom stereocenters. The van der Waals surface area contributed by atoms with Crippen molar-refractivity contribution in [1.82, 2.24) is 25.7 Å². The molecule has 0 aliphatic carbocycles. The Kier molecular flexibility index (Phi) is 7.16. The second-order valence-corrected chi connectivity index (χ2v) is 4.65. The van der Waals surface area contributed by atoms with Crippen molar-refractivity contribution in [2.24, 2.45) is 5.73 Å². The molecule has 1 atom stereocenters. The van der Waals surface area contributed by atoms with Crippen molar-refractivity contribution in [2.45, 2.75) is 45.1 Å². The molecule has 0 fully saturated rings. The Balaban J connectivity index is 2.09. The quantitative estimate of drug-likeness (QED) is 0.503. The maximum Gasteiger partial charge on any atom is 0.320 e. The van der Waals surface area contributed by atoms with E-state index in [0.29, 0.717) is 43.9 Å². The molecule has 116 valence electrons. The first-order valence-corrected chi connectivity index (χ1v) is 6.77. The first kappa shape index (κ1) is 16.9. The first-order chi connectivity index (χ1) is 9.99. The molecule has 1 aromatic heterocycles. The number of carbonyl (C=O) groups excluding carboxylic acids is 1. The summed E-state index contributed by atoms with van der Waals surface area (Å²) < 4.78 is 0. The van der Waals surface area contributed by atoms with Crippen LogP contribution < -0.4 is 11.1 Å². The molecule has 0 aliphatic rings. The van der Waals surface area contributed by atoms with Crippen LogP contribution in [0.25, 0.3) is 0 Å². The summed E-state index contributed by atoms with van der Waals surface area (Å²) in [5.74, 6) is -0.188. The fourth-order valence-electron chi connectivity index (χ4n) is 1.55. The average molecular weight is 296 g/mol. The van der Waals surface area contributed by atoms with Crippen LogP contribution in [0.15, 0.2) is 0 Å². The van der Waals surface area contributed by atoms with Crippen molar-refractivity contribution in [1.29, 1.82) is 0 Å². The van der Waals surface area contributed by atoms with Gasteiger partial charge >= 0.3 is 5.97 Å². The summed E-state index contributed by atoms with van der Waals surface area (Å²) in [6.07, 6.45) is 2.40. The summed E-state index contributed by atoms with van der Waals surface area (Å²) in [5.41, 5.74) is 5.37. The van der Waals surface area contributed by atoms with Gasteiger partial charge in [0.25, 0.3) is 0 Å². The molecule has 9 nitrogen and oxygen atoms in total. The predicted molar refractivity (Wildman–Crippen MR) is 73.2 cm³/mol. The van der Waals surface area contributed by atoms with E-state index in [1.165, 1.54) is 0 Å². The van der Waals surface area contributed by atoms with Gasteiger partial charge in [0.1, 0.15) is 6.04 Å². The van der Waals surface area contributed by atoms with Gasteiger partial charge in [0, 0.05) is 19.4 Å². The van der Waals surface area contributed by atoms with Gasteiger partial charge < -0.3 is 16.2 Å². The lowest BCUT2D eigenvalue weighted by Gasteiger charge is -2.07. The lowest BCUT2D eigenvalue weighted by molar-refractivity contribution is -0.138. The first-order valence-electron chi connectivity index (χ1n) is 6.77. The van der Waals surface area contributed by atoms with Crippen LogP contribution in [0, 0.1) is 6.92 Å². The number of hydrogen-bond donors (Lipinski definition) is 3. The molecule has 0 saturated carbocycles. The zero-order chi connectivity index (χ0) is 15.7. The number of carbonyl (C=O) groups is 2. The standard InChI is InChI=1S/C12H20N6O3/c1-8-15-17-10(18-16-8)5-6-11(19)14-7-3-2-4-9(13)12(20)21/h9H,2-7,13H2,1H3,(H,14,19)(H,20,21). The van der Waals surface area contributed by atoms with Crippen LogP contribution in [-0.2, 0) is 16.0 Å². The molecule has 0 saturated heterocycles. The van der Waals surface area contributed by atoms with Gasteiger partial charge in [0.15, 0.2) is 11.6 Å². The van der Waals surface area contributed by atoms with E-state index in [0.717, 1.165) is 0 Å². The van der Waals surface area contributed by atoms with Crippen molar-refractivity contribution in [3.8, 4) is 0 Å². The van der Waals surface area contributed by atoms with E-state index in [1.807, 2.05) is 0 Å². The SMILES string of the molecule is Cc1nnc(CCC(=O)NCCCCC(N)C(=O)O)nn1. The highest BCUT2D eigenvalue weighted by Crippen LogP contribution is 1.99. The monoisotopic (exact) mass is 296 g/mol. The number of amides is 1. The third-order valence-electron chi connectivity index (χ3n) is 2.78. The van der Waals surface area contributed by atoms with Crippen molar-refractivity contribution in [3.05, 3.63) is 11.6 Å². The van der Waals surface area contributed by atoms with Crippen LogP contribution in [0.5, 0.6) is 0 Å². The topological polar surface area (TPSA) is 144 Å². The van der Waals surface area contributed by atoms with Crippen LogP contribution in [0.2, 0.25) is 0 Å². The normalized spacial score (nSPS) is 11.9. The summed E-state index contributed by atoms with van der Waals surface area (Å²) in [7, 11) is 0. The van der Waals surface area contributed by atoms with Gasteiger partial charge in [-0.3, -0.25) is 9.59 Å². The highest BCUT2D eigenvalue weighted by molar-refractivity contribution is 5.76. The van der Waals surface area contributed by atoms with E-state index < -0.39 is 12.0 Å². The Labute approximate surface area is 122 Å². The number of aryl methyl sites for hydroxylation is 2. The fraction of sp³-hybridized carbons (Fsp3) is 0.667. The number of hydrogen-bond acceptors (Lipinski definition) is 7. The number of carboxylic acid groups (broad SMARTS) is 1. The van der Waals surface area contributed by atoms with E-state index in [-0.39, 0.29) is 12.3 Å². The average Bonchev–Trinajstić information content (AvgIpc) is 2.46. The number of nitrogens with one attached hydrogen (secondary N) is 1. The molecule has 1 rings (SSSR count). The van der Waals surface area contributed by atoms with Crippen LogP contribution in [0.3, 0.4) is 0 Å². The highest BCUT2D eigenvalue weighted by atomic mass is 16.4. The highest BCUT2D eigenvalue weighted by Gasteiger charge is 2.10. The van der Waals surface area contributed by atoms with Crippen LogP contribution in [0.4, 0.5) is 0 Å². The molecule has 0 radical (unpaired) electrons. The molecule has 1 heterocycles. The molecule has 9 heteroatoms. The number of unbranched alkanes of at least 4 members (excludes halogenated alkanes) is 1. The van der Waals surface area contributed by atoms with Gasteiger partial charge in [-0.15, -0.1) is 20.4 Å². The number of rotatable bonds is 9. The van der Waals surface area contributed by atoms with Crippen LogP contribution >= 0.6 is 0 Å². The third kappa shape index (κ3) is 7.25. The molecule has 21 heavy (non-hydrogen) atoms. The van der Waals surface area contributed by atoms with Gasteiger partial charge in [-0.2, -0.15) is 0 Å². The molecule has 0 aliphatic heterocycles. The smallest absolute Gasteiger partial charge is 0.320 e. The third-order valence-corrected chi connectivity index (χ3v) is 2.78. The molecule has 4 N–H and O–H groups in total. The van der Waals surface area contributed by atoms with E-state index in [4.69, 9.17) is 10.8 Å². The Bertz CT molecular complexity index is 465. The second kappa shape index (κ2) is 8.90. The molecular weight excluding hydrogens is 276 g/mol. The minimum Gasteiger partial charge on any atom is -0.480 e. The summed E-state index contributed by atoms with van der Waals surface area (Å²) >= 11 is 0. The van der Waals surface area contributed by atoms with Gasteiger partial charge in [-0.05, 0) is 26.2 Å². The summed E-state index contributed by atoms with van der Waals surface area (Å²) in [6.45, 7) is 2.18. The van der Waals surface area contributed by atoms with Gasteiger partial charge in [-0.25, -0.2) is 0 Å². The van der Waals surface area contributed by atoms with Crippen LogP contribution in [-0.4, -0.2) is 50.0 Å². The summed E-state index contributed by atoms with van der Waals surface area (Å²) in [6, 6.07) is -0.834. The van der Waals surface area contributed by atoms with Crippen molar-refractivity contribution < 1.29 is 14.7 Å². The molecular formula is C12H20N6O3. The van der Waals surface area contributed by atoms with Crippen molar-refractivity contribution >= 4 is 11.9 Å². The molecule has 1 amide bonds. The molecule has 0 spiro atoms. The Morgan fingerprint density at radius 1 is 1.24 bits per heavy atom. The largest absolute Gasteiger partial charge is 0.480 e. The van der Waals surface area contributed by atoms with Crippen molar-refractivity contribution in [3.63, 3.8) is 0 Å². The van der Waals surface area contributed by atoms with Gasteiger partial charge in [-0.1, -0.05) is 0 Å². The lowest BCUT2D eigenvalue weighted by atomic mass is 10.1. The predicted octanol–water partition coefficient (Wildman–Crippen LogP) is -0.794. The number of nitrogens with zero attached hydrogens (tertiary/aromatic N) is 4. The van der Waals surface area contributed by atoms with E-state index in [1.54, 1.807) is 6.92 Å². The maximum absolute atomic E-state index is 11.6. The second-order valence-electron chi connectivity index (χ2n) is 4.65. The minimum absolute atomic E-state index is 0.110. The molecule has 1 aromatic rings. The number of carboxylic acids is 1.